The minimum atomic E-state index is 0.881. The maximum Gasteiger partial charge on any atom is 0.129 e. The Bertz CT molecular complexity index is 544. The number of aromatic nitrogens is 2. The summed E-state index contributed by atoms with van der Waals surface area (Å²) < 4.78 is 1.76. The van der Waals surface area contributed by atoms with Crippen molar-refractivity contribution in [3.05, 3.63) is 45.6 Å². The highest BCUT2D eigenvalue weighted by molar-refractivity contribution is 9.10. The van der Waals surface area contributed by atoms with Crippen molar-refractivity contribution in [1.82, 2.24) is 9.97 Å². The maximum absolute atomic E-state index is 4.51. The molecule has 2 aromatic rings. The van der Waals surface area contributed by atoms with E-state index in [4.69, 9.17) is 0 Å². The Labute approximate surface area is 135 Å². The molecule has 1 aliphatic rings. The molecule has 0 N–H and O–H groups in total. The van der Waals surface area contributed by atoms with Gasteiger partial charge in [0.05, 0.1) is 0 Å². The van der Waals surface area contributed by atoms with Crippen molar-refractivity contribution in [2.45, 2.75) is 0 Å². The van der Waals surface area contributed by atoms with Gasteiger partial charge in [-0.3, -0.25) is 0 Å². The van der Waals surface area contributed by atoms with Crippen molar-refractivity contribution in [2.24, 2.45) is 0 Å². The van der Waals surface area contributed by atoms with Gasteiger partial charge in [-0.1, -0.05) is 12.1 Å². The summed E-state index contributed by atoms with van der Waals surface area (Å²) in [5.74, 6) is 2.06. The molecule has 4 nitrogen and oxygen atoms in total. The first kappa shape index (κ1) is 13.8. The minimum Gasteiger partial charge on any atom is -0.353 e. The van der Waals surface area contributed by atoms with E-state index in [9.17, 15) is 0 Å². The number of rotatable bonds is 2. The zero-order chi connectivity index (χ0) is 13.9. The number of nitrogens with zero attached hydrogens (tertiary/aromatic N) is 4. The second-order valence-electron chi connectivity index (χ2n) is 4.61. The molecule has 1 fully saturated rings. The molecule has 0 bridgehead atoms. The second kappa shape index (κ2) is 6.10. The molecule has 0 radical (unpaired) electrons. The lowest BCUT2D eigenvalue weighted by Crippen LogP contribution is -2.47. The first-order valence-electron chi connectivity index (χ1n) is 6.47. The lowest BCUT2D eigenvalue weighted by Gasteiger charge is -2.36. The summed E-state index contributed by atoms with van der Waals surface area (Å²) in [5.41, 5.74) is 0. The monoisotopic (exact) mass is 396 g/mol. The molecular weight excluding hydrogens is 384 g/mol. The summed E-state index contributed by atoms with van der Waals surface area (Å²) in [4.78, 5) is 13.6. The average molecular weight is 398 g/mol. The Hall–Kier alpha value is -1.14. The molecule has 20 heavy (non-hydrogen) atoms. The fourth-order valence-corrected chi connectivity index (χ4v) is 2.98. The smallest absolute Gasteiger partial charge is 0.129 e. The number of halogens is 2. The van der Waals surface area contributed by atoms with Crippen molar-refractivity contribution in [1.29, 1.82) is 0 Å². The first-order chi connectivity index (χ1) is 9.72. The topological polar surface area (TPSA) is 32.3 Å². The van der Waals surface area contributed by atoms with Gasteiger partial charge in [0.1, 0.15) is 20.8 Å². The Morgan fingerprint density at radius 3 is 1.45 bits per heavy atom. The molecule has 3 rings (SSSR count). The summed E-state index contributed by atoms with van der Waals surface area (Å²) in [6.45, 7) is 3.82. The summed E-state index contributed by atoms with van der Waals surface area (Å²) in [7, 11) is 0. The third-order valence-electron chi connectivity index (χ3n) is 3.33. The zero-order valence-corrected chi connectivity index (χ0v) is 14.0. The van der Waals surface area contributed by atoms with Crippen molar-refractivity contribution in [3.63, 3.8) is 0 Å². The van der Waals surface area contributed by atoms with E-state index in [0.717, 1.165) is 47.0 Å². The van der Waals surface area contributed by atoms with Crippen molar-refractivity contribution in [3.8, 4) is 0 Å². The number of piperazine rings is 1. The lowest BCUT2D eigenvalue weighted by atomic mass is 10.3. The number of hydrogen-bond donors (Lipinski definition) is 0. The predicted molar refractivity (Wildman–Crippen MR) is 88.3 cm³/mol. The van der Waals surface area contributed by atoms with Crippen LogP contribution in [0.1, 0.15) is 0 Å². The maximum atomic E-state index is 4.51. The average Bonchev–Trinajstić information content (AvgIpc) is 2.47. The van der Waals surface area contributed by atoms with Crippen molar-refractivity contribution >= 4 is 43.5 Å². The summed E-state index contributed by atoms with van der Waals surface area (Å²) in [5, 5.41) is 0. The molecule has 0 atom stereocenters. The molecule has 3 heterocycles. The standard InChI is InChI=1S/C14H14Br2N4/c15-11-3-1-5-13(17-11)19-7-9-20(10-8-19)14-6-2-4-12(16)18-14/h1-6H,7-10H2. The molecule has 1 aliphatic heterocycles. The van der Waals surface area contributed by atoms with Crippen LogP contribution in [0.15, 0.2) is 45.6 Å². The molecule has 0 unspecified atom stereocenters. The zero-order valence-electron chi connectivity index (χ0n) is 10.8. The largest absolute Gasteiger partial charge is 0.353 e. The number of hydrogen-bond acceptors (Lipinski definition) is 4. The first-order valence-corrected chi connectivity index (χ1v) is 8.06. The van der Waals surface area contributed by atoms with Gasteiger partial charge in [-0.15, -0.1) is 0 Å². The van der Waals surface area contributed by atoms with E-state index in [-0.39, 0.29) is 0 Å². The van der Waals surface area contributed by atoms with Gasteiger partial charge in [-0.25, -0.2) is 9.97 Å². The Morgan fingerprint density at radius 2 is 1.10 bits per heavy atom. The van der Waals surface area contributed by atoms with Gasteiger partial charge in [0.15, 0.2) is 0 Å². The molecule has 1 saturated heterocycles. The molecule has 0 amide bonds. The van der Waals surface area contributed by atoms with Crippen LogP contribution < -0.4 is 9.80 Å². The summed E-state index contributed by atoms with van der Waals surface area (Å²) in [6, 6.07) is 12.1. The number of pyridine rings is 2. The van der Waals surface area contributed by atoms with Crippen LogP contribution in [0.5, 0.6) is 0 Å². The van der Waals surface area contributed by atoms with E-state index in [1.807, 2.05) is 24.3 Å². The van der Waals surface area contributed by atoms with E-state index < -0.39 is 0 Å². The van der Waals surface area contributed by atoms with Crippen LogP contribution in [0.3, 0.4) is 0 Å². The predicted octanol–water partition coefficient (Wildman–Crippen LogP) is 3.33. The van der Waals surface area contributed by atoms with E-state index in [1.54, 1.807) is 0 Å². The highest BCUT2D eigenvalue weighted by atomic mass is 79.9. The van der Waals surface area contributed by atoms with Gasteiger partial charge in [0, 0.05) is 26.2 Å². The quantitative estimate of drug-likeness (QED) is 0.727. The normalized spacial score (nSPS) is 15.5. The molecule has 0 aromatic carbocycles. The van der Waals surface area contributed by atoms with Crippen molar-refractivity contribution < 1.29 is 0 Å². The van der Waals surface area contributed by atoms with Crippen LogP contribution in [0.25, 0.3) is 0 Å². The second-order valence-corrected chi connectivity index (χ2v) is 6.24. The van der Waals surface area contributed by atoms with Gasteiger partial charge < -0.3 is 9.80 Å². The van der Waals surface area contributed by atoms with E-state index >= 15 is 0 Å². The molecule has 0 saturated carbocycles. The fourth-order valence-electron chi connectivity index (χ4n) is 2.31. The third-order valence-corrected chi connectivity index (χ3v) is 4.21. The van der Waals surface area contributed by atoms with E-state index in [2.05, 4.69) is 63.8 Å². The third kappa shape index (κ3) is 3.12. The SMILES string of the molecule is Brc1cccc(N2CCN(c3cccc(Br)n3)CC2)n1. The molecule has 2 aromatic heterocycles. The molecule has 6 heteroatoms. The van der Waals surface area contributed by atoms with E-state index in [0.29, 0.717) is 0 Å². The minimum absolute atomic E-state index is 0.881. The van der Waals surface area contributed by atoms with Gasteiger partial charge in [0.2, 0.25) is 0 Å². The Balaban J connectivity index is 1.68. The van der Waals surface area contributed by atoms with Crippen LogP contribution >= 0.6 is 31.9 Å². The lowest BCUT2D eigenvalue weighted by molar-refractivity contribution is 0.641. The molecular formula is C14H14Br2N4. The summed E-state index contributed by atoms with van der Waals surface area (Å²) >= 11 is 6.84. The highest BCUT2D eigenvalue weighted by Gasteiger charge is 2.19. The molecule has 0 aliphatic carbocycles. The van der Waals surface area contributed by atoms with Crippen LogP contribution in [-0.4, -0.2) is 36.1 Å². The van der Waals surface area contributed by atoms with Gasteiger partial charge >= 0.3 is 0 Å². The Morgan fingerprint density at radius 1 is 0.700 bits per heavy atom. The fraction of sp³-hybridized carbons (Fsp3) is 0.286. The van der Waals surface area contributed by atoms with Crippen LogP contribution in [-0.2, 0) is 0 Å². The van der Waals surface area contributed by atoms with E-state index in [1.165, 1.54) is 0 Å². The van der Waals surface area contributed by atoms with Gasteiger partial charge in [-0.2, -0.15) is 0 Å². The van der Waals surface area contributed by atoms with Gasteiger partial charge in [-0.05, 0) is 56.1 Å². The van der Waals surface area contributed by atoms with Crippen LogP contribution in [0.4, 0.5) is 11.6 Å². The van der Waals surface area contributed by atoms with Crippen LogP contribution in [0.2, 0.25) is 0 Å². The molecule has 104 valence electrons. The van der Waals surface area contributed by atoms with Gasteiger partial charge in [0.25, 0.3) is 0 Å². The van der Waals surface area contributed by atoms with Crippen molar-refractivity contribution in [2.75, 3.05) is 36.0 Å². The highest BCUT2D eigenvalue weighted by Crippen LogP contribution is 2.20. The Kier molecular flexibility index (Phi) is 4.21. The molecule has 0 spiro atoms. The number of anilines is 2. The van der Waals surface area contributed by atoms with Crippen LogP contribution in [0, 0.1) is 0 Å². The summed E-state index contributed by atoms with van der Waals surface area (Å²) in [6.07, 6.45) is 0.